The first-order valence-corrected chi connectivity index (χ1v) is 12.2. The van der Waals surface area contributed by atoms with Crippen molar-refractivity contribution in [2.24, 2.45) is 0 Å². The summed E-state index contributed by atoms with van der Waals surface area (Å²) in [5, 5.41) is 12.1. The zero-order chi connectivity index (χ0) is 20.2. The molecule has 0 aliphatic carbocycles. The lowest BCUT2D eigenvalue weighted by Crippen LogP contribution is -2.15. The quantitative estimate of drug-likeness (QED) is 0.370. The second kappa shape index (κ2) is 9.14. The van der Waals surface area contributed by atoms with Crippen LogP contribution in [0.5, 0.6) is 0 Å². The maximum absolute atomic E-state index is 12.3. The van der Waals surface area contributed by atoms with Crippen molar-refractivity contribution in [3.05, 3.63) is 55.3 Å². The fourth-order valence-corrected chi connectivity index (χ4v) is 5.64. The van der Waals surface area contributed by atoms with Crippen molar-refractivity contribution in [2.75, 3.05) is 10.6 Å². The SMILES string of the molecule is O=C(Cc1cccs1)Nc1nc(CC(=O)Nc2nc(-c3ccc(Cl)s3)cs2)cs1. The molecule has 0 bridgehead atoms. The number of nitrogens with one attached hydrogen (secondary N) is 2. The topological polar surface area (TPSA) is 84.0 Å². The van der Waals surface area contributed by atoms with Gasteiger partial charge in [-0.1, -0.05) is 17.7 Å². The van der Waals surface area contributed by atoms with E-state index in [1.807, 2.05) is 35.0 Å². The van der Waals surface area contributed by atoms with E-state index in [-0.39, 0.29) is 18.2 Å². The van der Waals surface area contributed by atoms with Gasteiger partial charge in [-0.2, -0.15) is 0 Å². The molecule has 0 saturated carbocycles. The van der Waals surface area contributed by atoms with Gasteiger partial charge in [-0.15, -0.1) is 45.3 Å². The molecule has 4 heterocycles. The van der Waals surface area contributed by atoms with Crippen molar-refractivity contribution in [2.45, 2.75) is 12.8 Å². The van der Waals surface area contributed by atoms with Crippen LogP contribution in [0, 0.1) is 0 Å². The lowest BCUT2D eigenvalue weighted by atomic mass is 10.3. The third-order valence-electron chi connectivity index (χ3n) is 3.63. The maximum atomic E-state index is 12.3. The Kier molecular flexibility index (Phi) is 6.36. The molecule has 4 aromatic rings. The van der Waals surface area contributed by atoms with Crippen LogP contribution in [0.4, 0.5) is 10.3 Å². The van der Waals surface area contributed by atoms with Gasteiger partial charge in [-0.05, 0) is 23.6 Å². The summed E-state index contributed by atoms with van der Waals surface area (Å²) in [5.74, 6) is -0.335. The number of rotatable bonds is 7. The molecular weight excluding hydrogens is 468 g/mol. The van der Waals surface area contributed by atoms with Crippen LogP contribution >= 0.6 is 56.9 Å². The Labute approximate surface area is 187 Å². The highest BCUT2D eigenvalue weighted by Gasteiger charge is 2.13. The van der Waals surface area contributed by atoms with Crippen molar-refractivity contribution in [3.63, 3.8) is 0 Å². The number of thiazole rings is 2. The van der Waals surface area contributed by atoms with Crippen LogP contribution in [0.1, 0.15) is 10.6 Å². The summed E-state index contributed by atoms with van der Waals surface area (Å²) in [4.78, 5) is 35.0. The molecule has 0 fully saturated rings. The summed E-state index contributed by atoms with van der Waals surface area (Å²) in [6, 6.07) is 7.54. The van der Waals surface area contributed by atoms with E-state index in [4.69, 9.17) is 11.6 Å². The highest BCUT2D eigenvalue weighted by atomic mass is 35.5. The molecule has 0 aromatic carbocycles. The molecular formula is C18H13ClN4O2S4. The number of nitrogens with zero attached hydrogens (tertiary/aromatic N) is 2. The molecule has 11 heteroatoms. The second-order valence-corrected chi connectivity index (χ2v) is 10.3. The fraction of sp³-hybridized carbons (Fsp3) is 0.111. The van der Waals surface area contributed by atoms with Crippen LogP contribution in [-0.4, -0.2) is 21.8 Å². The number of hydrogen-bond acceptors (Lipinski definition) is 8. The first kappa shape index (κ1) is 20.2. The minimum atomic E-state index is -0.211. The van der Waals surface area contributed by atoms with Crippen LogP contribution in [-0.2, 0) is 22.4 Å². The van der Waals surface area contributed by atoms with Crippen molar-refractivity contribution >= 4 is 79.0 Å². The van der Waals surface area contributed by atoms with E-state index >= 15 is 0 Å². The van der Waals surface area contributed by atoms with Crippen LogP contribution in [0.3, 0.4) is 0 Å². The van der Waals surface area contributed by atoms with Gasteiger partial charge in [0.1, 0.15) is 0 Å². The van der Waals surface area contributed by atoms with Crippen molar-refractivity contribution in [1.82, 2.24) is 9.97 Å². The number of anilines is 2. The van der Waals surface area contributed by atoms with Gasteiger partial charge in [-0.3, -0.25) is 9.59 Å². The molecule has 0 saturated heterocycles. The van der Waals surface area contributed by atoms with Gasteiger partial charge in [0, 0.05) is 15.6 Å². The van der Waals surface area contributed by atoms with E-state index in [2.05, 4.69) is 20.6 Å². The van der Waals surface area contributed by atoms with Crippen LogP contribution in [0.15, 0.2) is 40.4 Å². The molecule has 2 N–H and O–H groups in total. The number of carbonyl (C=O) groups excluding carboxylic acids is 2. The van der Waals surface area contributed by atoms with E-state index in [0.29, 0.717) is 26.7 Å². The Morgan fingerprint density at radius 2 is 1.69 bits per heavy atom. The van der Waals surface area contributed by atoms with Gasteiger partial charge < -0.3 is 10.6 Å². The summed E-state index contributed by atoms with van der Waals surface area (Å²) in [7, 11) is 0. The lowest BCUT2D eigenvalue weighted by molar-refractivity contribution is -0.116. The van der Waals surface area contributed by atoms with E-state index in [0.717, 1.165) is 15.4 Å². The molecule has 29 heavy (non-hydrogen) atoms. The predicted molar refractivity (Wildman–Crippen MR) is 122 cm³/mol. The van der Waals surface area contributed by atoms with Crippen molar-refractivity contribution in [1.29, 1.82) is 0 Å². The highest BCUT2D eigenvalue weighted by Crippen LogP contribution is 2.32. The zero-order valence-corrected chi connectivity index (χ0v) is 18.7. The molecule has 4 rings (SSSR count). The summed E-state index contributed by atoms with van der Waals surface area (Å²) in [6.07, 6.45) is 0.423. The summed E-state index contributed by atoms with van der Waals surface area (Å²) in [6.45, 7) is 0. The van der Waals surface area contributed by atoms with Gasteiger partial charge in [0.25, 0.3) is 0 Å². The van der Waals surface area contributed by atoms with Crippen molar-refractivity contribution in [3.8, 4) is 10.6 Å². The number of thiophene rings is 2. The number of halogens is 1. The molecule has 0 atom stereocenters. The monoisotopic (exact) mass is 480 g/mol. The number of amides is 2. The molecule has 2 amide bonds. The maximum Gasteiger partial charge on any atom is 0.232 e. The van der Waals surface area contributed by atoms with Crippen LogP contribution in [0.25, 0.3) is 10.6 Å². The Morgan fingerprint density at radius 1 is 0.931 bits per heavy atom. The van der Waals surface area contributed by atoms with E-state index < -0.39 is 0 Å². The van der Waals surface area contributed by atoms with E-state index in [1.165, 1.54) is 45.3 Å². The third-order valence-corrected chi connectivity index (χ3v) is 7.33. The molecule has 0 unspecified atom stereocenters. The molecule has 4 aromatic heterocycles. The zero-order valence-electron chi connectivity index (χ0n) is 14.7. The predicted octanol–water partition coefficient (Wildman–Crippen LogP) is 5.41. The molecule has 0 aliphatic heterocycles. The standard InChI is InChI=1S/C18H13ClN4O2S4/c19-14-4-3-13(29-14)12-9-28-18(21-12)22-15(24)6-10-8-27-17(20-10)23-16(25)7-11-2-1-5-26-11/h1-5,8-9H,6-7H2,(H,20,23,25)(H,21,22,24). The summed E-state index contributed by atoms with van der Waals surface area (Å²) >= 11 is 11.6. The first-order valence-electron chi connectivity index (χ1n) is 8.33. The molecule has 0 radical (unpaired) electrons. The lowest BCUT2D eigenvalue weighted by Gasteiger charge is -2.00. The summed E-state index contributed by atoms with van der Waals surface area (Å²) < 4.78 is 0.695. The highest BCUT2D eigenvalue weighted by molar-refractivity contribution is 7.20. The second-order valence-electron chi connectivity index (χ2n) is 5.81. The number of hydrogen-bond donors (Lipinski definition) is 2. The average Bonchev–Trinajstić information content (AvgIpc) is 3.44. The largest absolute Gasteiger partial charge is 0.302 e. The van der Waals surface area contributed by atoms with Gasteiger partial charge in [0.2, 0.25) is 11.8 Å². The number of aromatic nitrogens is 2. The average molecular weight is 481 g/mol. The minimum absolute atomic E-state index is 0.108. The Hall–Kier alpha value is -2.11. The minimum Gasteiger partial charge on any atom is -0.302 e. The van der Waals surface area contributed by atoms with Crippen LogP contribution < -0.4 is 10.6 Å². The van der Waals surface area contributed by atoms with E-state index in [1.54, 1.807) is 5.38 Å². The molecule has 0 aliphatic rings. The van der Waals surface area contributed by atoms with Crippen LogP contribution in [0.2, 0.25) is 4.34 Å². The van der Waals surface area contributed by atoms with Gasteiger partial charge in [-0.25, -0.2) is 9.97 Å². The molecule has 148 valence electrons. The van der Waals surface area contributed by atoms with Gasteiger partial charge >= 0.3 is 0 Å². The van der Waals surface area contributed by atoms with Gasteiger partial charge in [0.15, 0.2) is 10.3 Å². The summed E-state index contributed by atoms with van der Waals surface area (Å²) in [5.41, 5.74) is 1.38. The van der Waals surface area contributed by atoms with E-state index in [9.17, 15) is 9.59 Å². The van der Waals surface area contributed by atoms with Gasteiger partial charge in [0.05, 0.1) is 33.4 Å². The molecule has 6 nitrogen and oxygen atoms in total. The molecule has 0 spiro atoms. The Balaban J connectivity index is 1.30. The fourth-order valence-electron chi connectivity index (χ4n) is 2.40. The number of carbonyl (C=O) groups is 2. The third kappa shape index (κ3) is 5.49. The normalized spacial score (nSPS) is 10.8. The smallest absolute Gasteiger partial charge is 0.232 e. The Morgan fingerprint density at radius 3 is 2.41 bits per heavy atom. The first-order chi connectivity index (χ1) is 14.0. The Bertz CT molecular complexity index is 1130. The van der Waals surface area contributed by atoms with Crippen molar-refractivity contribution < 1.29 is 9.59 Å².